The molecular weight excluding hydrogens is 194 g/mol. The minimum atomic E-state index is -0.925. The van der Waals surface area contributed by atoms with Crippen molar-refractivity contribution >= 4 is 5.91 Å². The van der Waals surface area contributed by atoms with E-state index in [-0.39, 0.29) is 17.9 Å². The summed E-state index contributed by atoms with van der Waals surface area (Å²) in [5.41, 5.74) is -1.44. The molecule has 1 amide bonds. The van der Waals surface area contributed by atoms with Crippen LogP contribution >= 0.6 is 0 Å². The number of hydrogen-bond acceptors (Lipinski definition) is 3. The van der Waals surface area contributed by atoms with Crippen LogP contribution in [-0.2, 0) is 9.53 Å². The van der Waals surface area contributed by atoms with Gasteiger partial charge >= 0.3 is 0 Å². The Morgan fingerprint density at radius 2 is 2.13 bits per heavy atom. The van der Waals surface area contributed by atoms with Crippen molar-refractivity contribution in [1.29, 1.82) is 0 Å². The van der Waals surface area contributed by atoms with E-state index in [1.165, 1.54) is 0 Å². The highest BCUT2D eigenvalue weighted by atomic mass is 16.5. The van der Waals surface area contributed by atoms with Crippen LogP contribution in [0.5, 0.6) is 0 Å². The summed E-state index contributed by atoms with van der Waals surface area (Å²) >= 11 is 0. The van der Waals surface area contributed by atoms with Crippen LogP contribution in [0.25, 0.3) is 0 Å². The van der Waals surface area contributed by atoms with Crippen LogP contribution in [0.15, 0.2) is 0 Å². The molecule has 0 aliphatic carbocycles. The highest BCUT2D eigenvalue weighted by Gasteiger charge is 2.59. The van der Waals surface area contributed by atoms with Crippen molar-refractivity contribution in [1.82, 2.24) is 4.90 Å². The lowest BCUT2D eigenvalue weighted by Gasteiger charge is -2.60. The first-order valence-corrected chi connectivity index (χ1v) is 5.44. The largest absolute Gasteiger partial charge is 0.390 e. The van der Waals surface area contributed by atoms with Crippen molar-refractivity contribution in [2.75, 3.05) is 6.61 Å². The Balaban J connectivity index is 2.22. The first-order chi connectivity index (χ1) is 6.75. The van der Waals surface area contributed by atoms with E-state index in [2.05, 4.69) is 0 Å². The third kappa shape index (κ3) is 1.47. The van der Waals surface area contributed by atoms with Gasteiger partial charge in [0.25, 0.3) is 0 Å². The monoisotopic (exact) mass is 213 g/mol. The van der Waals surface area contributed by atoms with Crippen molar-refractivity contribution in [2.24, 2.45) is 5.92 Å². The minimum Gasteiger partial charge on any atom is -0.390 e. The molecule has 2 heterocycles. The molecule has 2 atom stereocenters. The van der Waals surface area contributed by atoms with Crippen LogP contribution in [0, 0.1) is 5.92 Å². The van der Waals surface area contributed by atoms with Crippen molar-refractivity contribution in [3.8, 4) is 0 Å². The molecule has 1 unspecified atom stereocenters. The van der Waals surface area contributed by atoms with Gasteiger partial charge in [0.05, 0.1) is 24.2 Å². The molecule has 0 saturated carbocycles. The Kier molecular flexibility index (Phi) is 2.14. The molecule has 2 aliphatic heterocycles. The summed E-state index contributed by atoms with van der Waals surface area (Å²) in [4.78, 5) is 13.7. The number of nitrogens with zero attached hydrogens (tertiary/aromatic N) is 1. The van der Waals surface area contributed by atoms with Gasteiger partial charge in [-0.3, -0.25) is 4.79 Å². The lowest BCUT2D eigenvalue weighted by atomic mass is 9.73. The van der Waals surface area contributed by atoms with Gasteiger partial charge in [-0.2, -0.15) is 0 Å². The predicted molar refractivity (Wildman–Crippen MR) is 55.1 cm³/mol. The second-order valence-electron chi connectivity index (χ2n) is 5.49. The number of hydrogen-bond donors (Lipinski definition) is 1. The molecule has 1 N–H and O–H groups in total. The molecule has 0 aromatic heterocycles. The molecule has 0 aromatic carbocycles. The summed E-state index contributed by atoms with van der Waals surface area (Å²) in [6.07, 6.45) is 0.823. The molecule has 0 bridgehead atoms. The van der Waals surface area contributed by atoms with Gasteiger partial charge in [0.1, 0.15) is 5.72 Å². The average molecular weight is 213 g/mol. The molecule has 0 spiro atoms. The predicted octanol–water partition coefficient (Wildman–Crippen LogP) is 0.741. The maximum absolute atomic E-state index is 11.9. The number of fused-ring (bicyclic) bond motifs is 1. The van der Waals surface area contributed by atoms with Gasteiger partial charge in [0, 0.05) is 0 Å². The minimum absolute atomic E-state index is 0.0113. The molecule has 4 heteroatoms. The lowest BCUT2D eigenvalue weighted by molar-refractivity contribution is -0.248. The normalized spacial score (nSPS) is 34.7. The Morgan fingerprint density at radius 1 is 1.53 bits per heavy atom. The third-order valence-electron chi connectivity index (χ3n) is 3.43. The zero-order valence-corrected chi connectivity index (χ0v) is 9.78. The quantitative estimate of drug-likeness (QED) is 0.654. The van der Waals surface area contributed by atoms with Crippen LogP contribution in [-0.4, -0.2) is 39.9 Å². The smallest absolute Gasteiger partial charge is 0.233 e. The molecule has 2 aliphatic rings. The Morgan fingerprint density at radius 3 is 2.67 bits per heavy atom. The lowest BCUT2D eigenvalue weighted by Crippen LogP contribution is -2.75. The molecule has 2 saturated heterocycles. The summed E-state index contributed by atoms with van der Waals surface area (Å²) < 4.78 is 5.55. The Labute approximate surface area is 90.2 Å². The maximum atomic E-state index is 11.9. The first-order valence-electron chi connectivity index (χ1n) is 5.44. The first kappa shape index (κ1) is 10.9. The van der Waals surface area contributed by atoms with Gasteiger partial charge in [0.2, 0.25) is 5.91 Å². The van der Waals surface area contributed by atoms with Gasteiger partial charge in [-0.25, -0.2) is 0 Å². The zero-order valence-electron chi connectivity index (χ0n) is 9.78. The van der Waals surface area contributed by atoms with E-state index >= 15 is 0 Å². The summed E-state index contributed by atoms with van der Waals surface area (Å²) in [6, 6.07) is 0.140. The number of ether oxygens (including phenoxy) is 1. The number of carbonyl (C=O) groups is 1. The Hall–Kier alpha value is -0.610. The summed E-state index contributed by atoms with van der Waals surface area (Å²) in [7, 11) is 0. The van der Waals surface area contributed by atoms with Crippen LogP contribution < -0.4 is 0 Å². The molecule has 2 fully saturated rings. The van der Waals surface area contributed by atoms with E-state index in [9.17, 15) is 9.90 Å². The van der Waals surface area contributed by atoms with Crippen LogP contribution in [0.1, 0.15) is 34.1 Å². The highest BCUT2D eigenvalue weighted by Crippen LogP contribution is 2.44. The van der Waals surface area contributed by atoms with E-state index in [1.807, 2.05) is 13.8 Å². The third-order valence-corrected chi connectivity index (χ3v) is 3.43. The number of aliphatic hydroxyl groups is 1. The van der Waals surface area contributed by atoms with Crippen molar-refractivity contribution < 1.29 is 14.6 Å². The molecule has 86 valence electrons. The highest BCUT2D eigenvalue weighted by molar-refractivity contribution is 5.88. The molecular formula is C11H19NO3. The van der Waals surface area contributed by atoms with Crippen LogP contribution in [0.3, 0.4) is 0 Å². The Bertz CT molecular complexity index is 285. The second-order valence-corrected chi connectivity index (χ2v) is 5.49. The summed E-state index contributed by atoms with van der Waals surface area (Å²) in [5, 5.41) is 9.93. The number of carbonyl (C=O) groups excluding carboxylic acids is 1. The number of rotatable bonds is 1. The van der Waals surface area contributed by atoms with E-state index in [0.717, 1.165) is 6.42 Å². The van der Waals surface area contributed by atoms with Crippen molar-refractivity contribution in [3.05, 3.63) is 0 Å². The fourth-order valence-electron chi connectivity index (χ4n) is 2.78. The van der Waals surface area contributed by atoms with Gasteiger partial charge in [-0.1, -0.05) is 0 Å². The number of β-lactam (4-membered cyclic amide) rings is 1. The molecule has 2 rings (SSSR count). The summed E-state index contributed by atoms with van der Waals surface area (Å²) in [6.45, 7) is 7.87. The van der Waals surface area contributed by atoms with E-state index in [0.29, 0.717) is 6.61 Å². The standard InChI is InChI=1S/C11H19NO3/c1-10(2,14)8-7-5-6-15-11(3,4)12(7)9(8)13/h7-8,14H,5-6H2,1-4H3/t7?,8-/m1/s1. The van der Waals surface area contributed by atoms with E-state index in [1.54, 1.807) is 18.7 Å². The topological polar surface area (TPSA) is 49.8 Å². The van der Waals surface area contributed by atoms with Gasteiger partial charge in [0.15, 0.2) is 0 Å². The van der Waals surface area contributed by atoms with E-state index < -0.39 is 11.3 Å². The fourth-order valence-corrected chi connectivity index (χ4v) is 2.78. The maximum Gasteiger partial charge on any atom is 0.233 e. The fraction of sp³-hybridized carbons (Fsp3) is 0.909. The second kappa shape index (κ2) is 2.95. The zero-order chi connectivity index (χ0) is 11.4. The molecule has 0 aromatic rings. The molecule has 0 radical (unpaired) electrons. The molecule has 15 heavy (non-hydrogen) atoms. The molecule has 4 nitrogen and oxygen atoms in total. The van der Waals surface area contributed by atoms with Gasteiger partial charge in [-0.05, 0) is 34.1 Å². The van der Waals surface area contributed by atoms with Gasteiger partial charge in [-0.15, -0.1) is 0 Å². The summed E-state index contributed by atoms with van der Waals surface area (Å²) in [5.74, 6) is -0.252. The average Bonchev–Trinajstić information content (AvgIpc) is 1.97. The SMILES string of the molecule is CC(C)(O)[C@H]1C(=O)N2C1CCOC2(C)C. The van der Waals surface area contributed by atoms with Crippen molar-refractivity contribution in [2.45, 2.75) is 51.5 Å². The van der Waals surface area contributed by atoms with Crippen LogP contribution in [0.2, 0.25) is 0 Å². The van der Waals surface area contributed by atoms with Crippen LogP contribution in [0.4, 0.5) is 0 Å². The van der Waals surface area contributed by atoms with E-state index in [4.69, 9.17) is 4.74 Å². The van der Waals surface area contributed by atoms with Crippen molar-refractivity contribution in [3.63, 3.8) is 0 Å². The number of amides is 1. The van der Waals surface area contributed by atoms with Gasteiger partial charge < -0.3 is 14.7 Å².